The highest BCUT2D eigenvalue weighted by Crippen LogP contribution is 2.34. The molecule has 0 aliphatic rings. The van der Waals surface area contributed by atoms with Crippen LogP contribution in [0, 0.1) is 17.0 Å². The Kier molecular flexibility index (Phi) is 6.96. The Hall–Kier alpha value is -3.82. The number of benzene rings is 2. The molecule has 0 aliphatic heterocycles. The van der Waals surface area contributed by atoms with Crippen LogP contribution in [0.5, 0.6) is 17.2 Å². The van der Waals surface area contributed by atoms with Gasteiger partial charge in [-0.1, -0.05) is 6.07 Å². The summed E-state index contributed by atoms with van der Waals surface area (Å²) in [4.78, 5) is 34.9. The minimum absolute atomic E-state index is 0.0453. The van der Waals surface area contributed by atoms with Crippen LogP contribution in [0.1, 0.15) is 15.9 Å². The number of carbonyl (C=O) groups excluding carboxylic acids is 2. The maximum Gasteiger partial charge on any atom is 0.342 e. The van der Waals surface area contributed by atoms with Crippen molar-refractivity contribution in [3.8, 4) is 17.2 Å². The Morgan fingerprint density at radius 2 is 1.62 bits per heavy atom. The van der Waals surface area contributed by atoms with Gasteiger partial charge in [-0.2, -0.15) is 0 Å². The van der Waals surface area contributed by atoms with E-state index in [1.54, 1.807) is 6.92 Å². The lowest BCUT2D eigenvalue weighted by Crippen LogP contribution is -2.21. The van der Waals surface area contributed by atoms with Crippen molar-refractivity contribution >= 4 is 23.3 Å². The molecule has 1 amide bonds. The summed E-state index contributed by atoms with van der Waals surface area (Å²) >= 11 is 0. The molecular formula is C19H20N2O8. The first-order valence-electron chi connectivity index (χ1n) is 8.32. The van der Waals surface area contributed by atoms with Gasteiger partial charge in [-0.3, -0.25) is 14.9 Å². The topological polar surface area (TPSA) is 126 Å². The first-order valence-corrected chi connectivity index (χ1v) is 8.32. The second-order valence-corrected chi connectivity index (χ2v) is 5.79. The number of nitrogens with zero attached hydrogens (tertiary/aromatic N) is 1. The molecule has 0 bridgehead atoms. The van der Waals surface area contributed by atoms with Crippen molar-refractivity contribution in [1.29, 1.82) is 0 Å². The van der Waals surface area contributed by atoms with E-state index in [0.717, 1.165) is 0 Å². The highest BCUT2D eigenvalue weighted by atomic mass is 16.6. The van der Waals surface area contributed by atoms with Gasteiger partial charge in [0.2, 0.25) is 0 Å². The second kappa shape index (κ2) is 9.40. The van der Waals surface area contributed by atoms with E-state index in [-0.39, 0.29) is 28.4 Å². The molecule has 0 heterocycles. The molecule has 0 aliphatic carbocycles. The summed E-state index contributed by atoms with van der Waals surface area (Å²) in [6.07, 6.45) is 0. The van der Waals surface area contributed by atoms with Crippen LogP contribution in [0.4, 0.5) is 11.4 Å². The molecule has 2 aromatic carbocycles. The first kappa shape index (κ1) is 21.5. The highest BCUT2D eigenvalue weighted by molar-refractivity contribution is 5.97. The predicted octanol–water partition coefficient (Wildman–Crippen LogP) is 2.72. The number of methoxy groups -OCH3 is 3. The number of carbonyl (C=O) groups is 2. The summed E-state index contributed by atoms with van der Waals surface area (Å²) in [6.45, 7) is 0.986. The summed E-state index contributed by atoms with van der Waals surface area (Å²) in [5.41, 5.74) is 0.589. The SMILES string of the molecule is COc1cc(OC)c(C(=O)OCC(=O)Nc2ccc(C)c([N+](=O)[O-])c2)cc1OC. The smallest absolute Gasteiger partial charge is 0.342 e. The Morgan fingerprint density at radius 1 is 1.00 bits per heavy atom. The molecule has 10 heteroatoms. The van der Waals surface area contributed by atoms with E-state index in [4.69, 9.17) is 18.9 Å². The summed E-state index contributed by atoms with van der Waals surface area (Å²) in [6, 6.07) is 7.09. The number of aryl methyl sites for hydroxylation is 1. The van der Waals surface area contributed by atoms with Gasteiger partial charge in [-0.05, 0) is 13.0 Å². The van der Waals surface area contributed by atoms with Crippen LogP contribution in [0.2, 0.25) is 0 Å². The maximum atomic E-state index is 12.4. The molecule has 0 saturated carbocycles. The summed E-state index contributed by atoms with van der Waals surface area (Å²) < 4.78 is 20.5. The molecular weight excluding hydrogens is 384 g/mol. The molecule has 0 spiro atoms. The average molecular weight is 404 g/mol. The number of ether oxygens (including phenoxy) is 4. The number of nitro benzene ring substituents is 1. The van der Waals surface area contributed by atoms with Crippen molar-refractivity contribution in [2.24, 2.45) is 0 Å². The number of hydrogen-bond donors (Lipinski definition) is 1. The Morgan fingerprint density at radius 3 is 2.21 bits per heavy atom. The third-order valence-electron chi connectivity index (χ3n) is 3.95. The number of hydrogen-bond acceptors (Lipinski definition) is 8. The normalized spacial score (nSPS) is 10.1. The third-order valence-corrected chi connectivity index (χ3v) is 3.95. The molecule has 1 N–H and O–H groups in total. The van der Waals surface area contributed by atoms with E-state index >= 15 is 0 Å². The molecule has 0 atom stereocenters. The molecule has 0 unspecified atom stereocenters. The van der Waals surface area contributed by atoms with E-state index in [9.17, 15) is 19.7 Å². The maximum absolute atomic E-state index is 12.4. The van der Waals surface area contributed by atoms with Crippen LogP contribution in [-0.2, 0) is 9.53 Å². The van der Waals surface area contributed by atoms with Gasteiger partial charge in [0.1, 0.15) is 11.3 Å². The molecule has 0 radical (unpaired) electrons. The fourth-order valence-electron chi connectivity index (χ4n) is 2.48. The zero-order chi connectivity index (χ0) is 21.6. The molecule has 29 heavy (non-hydrogen) atoms. The Labute approximate surface area is 166 Å². The predicted molar refractivity (Wildman–Crippen MR) is 103 cm³/mol. The average Bonchev–Trinajstić information content (AvgIpc) is 2.71. The fraction of sp³-hybridized carbons (Fsp3) is 0.263. The lowest BCUT2D eigenvalue weighted by atomic mass is 10.1. The molecule has 0 saturated heterocycles. The largest absolute Gasteiger partial charge is 0.496 e. The van der Waals surface area contributed by atoms with Gasteiger partial charge in [0.15, 0.2) is 18.1 Å². The number of esters is 1. The Bertz CT molecular complexity index is 942. The first-order chi connectivity index (χ1) is 13.8. The number of rotatable bonds is 8. The molecule has 0 fully saturated rings. The van der Waals surface area contributed by atoms with E-state index in [1.165, 1.54) is 51.7 Å². The zero-order valence-corrected chi connectivity index (χ0v) is 16.3. The van der Waals surface area contributed by atoms with Crippen LogP contribution >= 0.6 is 0 Å². The Balaban J connectivity index is 2.08. The number of amides is 1. The van der Waals surface area contributed by atoms with Crippen LogP contribution in [-0.4, -0.2) is 44.7 Å². The summed E-state index contributed by atoms with van der Waals surface area (Å²) in [5.74, 6) is -0.637. The molecule has 10 nitrogen and oxygen atoms in total. The second-order valence-electron chi connectivity index (χ2n) is 5.79. The molecule has 154 valence electrons. The minimum Gasteiger partial charge on any atom is -0.496 e. The monoisotopic (exact) mass is 404 g/mol. The third kappa shape index (κ3) is 5.12. The summed E-state index contributed by atoms with van der Waals surface area (Å²) in [5, 5.41) is 13.4. The van der Waals surface area contributed by atoms with Crippen molar-refractivity contribution in [1.82, 2.24) is 0 Å². The molecule has 2 aromatic rings. The van der Waals surface area contributed by atoms with Gasteiger partial charge in [-0.25, -0.2) is 4.79 Å². The van der Waals surface area contributed by atoms with Crippen molar-refractivity contribution in [2.75, 3.05) is 33.3 Å². The van der Waals surface area contributed by atoms with Gasteiger partial charge in [0.05, 0.1) is 26.3 Å². The molecule has 2 rings (SSSR count). The van der Waals surface area contributed by atoms with E-state index in [0.29, 0.717) is 11.3 Å². The van der Waals surface area contributed by atoms with Crippen LogP contribution in [0.25, 0.3) is 0 Å². The van der Waals surface area contributed by atoms with Gasteiger partial charge in [0.25, 0.3) is 11.6 Å². The fourth-order valence-corrected chi connectivity index (χ4v) is 2.48. The zero-order valence-electron chi connectivity index (χ0n) is 16.3. The van der Waals surface area contributed by atoms with Crippen LogP contribution in [0.3, 0.4) is 0 Å². The van der Waals surface area contributed by atoms with Gasteiger partial charge in [-0.15, -0.1) is 0 Å². The van der Waals surface area contributed by atoms with Crippen molar-refractivity contribution < 1.29 is 33.5 Å². The minimum atomic E-state index is -0.812. The van der Waals surface area contributed by atoms with Crippen LogP contribution < -0.4 is 19.5 Å². The van der Waals surface area contributed by atoms with Crippen LogP contribution in [0.15, 0.2) is 30.3 Å². The van der Waals surface area contributed by atoms with E-state index in [2.05, 4.69) is 5.32 Å². The van der Waals surface area contributed by atoms with Crippen molar-refractivity contribution in [3.05, 3.63) is 51.6 Å². The lowest BCUT2D eigenvalue weighted by Gasteiger charge is -2.13. The number of nitro groups is 1. The van der Waals surface area contributed by atoms with Crippen molar-refractivity contribution in [2.45, 2.75) is 6.92 Å². The quantitative estimate of drug-likeness (QED) is 0.404. The van der Waals surface area contributed by atoms with E-state index < -0.39 is 23.4 Å². The molecule has 0 aromatic heterocycles. The number of nitrogens with one attached hydrogen (secondary N) is 1. The van der Waals surface area contributed by atoms with Gasteiger partial charge < -0.3 is 24.3 Å². The van der Waals surface area contributed by atoms with Crippen molar-refractivity contribution in [3.63, 3.8) is 0 Å². The standard InChI is InChI=1S/C19H20N2O8/c1-11-5-6-12(7-14(11)21(24)25)20-18(22)10-29-19(23)13-8-16(27-3)17(28-4)9-15(13)26-2/h5-9H,10H2,1-4H3,(H,20,22). The summed E-state index contributed by atoms with van der Waals surface area (Å²) in [7, 11) is 4.22. The highest BCUT2D eigenvalue weighted by Gasteiger charge is 2.20. The lowest BCUT2D eigenvalue weighted by molar-refractivity contribution is -0.385. The van der Waals surface area contributed by atoms with E-state index in [1.807, 2.05) is 0 Å². The van der Waals surface area contributed by atoms with Gasteiger partial charge >= 0.3 is 5.97 Å². The number of anilines is 1. The van der Waals surface area contributed by atoms with Gasteiger partial charge in [0, 0.05) is 29.4 Å².